The molecule has 5 heteroatoms. The summed E-state index contributed by atoms with van der Waals surface area (Å²) in [6.45, 7) is 8.54. The molecule has 0 atom stereocenters. The Morgan fingerprint density at radius 3 is 2.28 bits per heavy atom. The van der Waals surface area contributed by atoms with Gasteiger partial charge in [-0.15, -0.1) is 11.8 Å². The van der Waals surface area contributed by atoms with Gasteiger partial charge in [-0.3, -0.25) is 14.5 Å². The van der Waals surface area contributed by atoms with Crippen molar-refractivity contribution in [3.05, 3.63) is 34.7 Å². The number of rotatable bonds is 9. The van der Waals surface area contributed by atoms with Crippen LogP contribution < -0.4 is 4.74 Å². The van der Waals surface area contributed by atoms with Crippen LogP contribution >= 0.6 is 11.8 Å². The summed E-state index contributed by atoms with van der Waals surface area (Å²) < 4.78 is 5.66. The van der Waals surface area contributed by atoms with Crippen molar-refractivity contribution in [3.63, 3.8) is 0 Å². The Morgan fingerprint density at radius 2 is 1.72 bits per heavy atom. The minimum absolute atomic E-state index is 0.0972. The van der Waals surface area contributed by atoms with Crippen molar-refractivity contribution in [1.82, 2.24) is 4.90 Å². The van der Waals surface area contributed by atoms with E-state index in [0.717, 1.165) is 36.3 Å². The van der Waals surface area contributed by atoms with Gasteiger partial charge in [-0.1, -0.05) is 38.8 Å². The normalized spacial score (nSPS) is 14.8. The van der Waals surface area contributed by atoms with Crippen molar-refractivity contribution in [3.8, 4) is 5.75 Å². The lowest BCUT2D eigenvalue weighted by Crippen LogP contribution is -2.32. The number of hydrogen-bond acceptors (Lipinski definition) is 4. The maximum atomic E-state index is 12.9. The van der Waals surface area contributed by atoms with E-state index in [1.807, 2.05) is 45.0 Å². The average Bonchev–Trinajstić information content (AvgIpc) is 2.80. The van der Waals surface area contributed by atoms with Crippen LogP contribution in [-0.2, 0) is 9.59 Å². The van der Waals surface area contributed by atoms with E-state index in [2.05, 4.69) is 6.92 Å². The van der Waals surface area contributed by atoms with E-state index in [4.69, 9.17) is 4.74 Å². The third-order valence-corrected chi connectivity index (χ3v) is 4.87. The first-order valence-corrected chi connectivity index (χ1v) is 9.98. The number of thioether (sulfide) groups is 1. The summed E-state index contributed by atoms with van der Waals surface area (Å²) in [6.07, 6.45) is 3.03. The van der Waals surface area contributed by atoms with E-state index in [9.17, 15) is 9.59 Å². The number of ether oxygens (including phenoxy) is 1. The van der Waals surface area contributed by atoms with E-state index in [0.29, 0.717) is 17.0 Å². The fourth-order valence-electron chi connectivity index (χ4n) is 2.78. The molecule has 0 saturated heterocycles. The number of carbonyl (C=O) groups is 2. The van der Waals surface area contributed by atoms with Crippen LogP contribution in [0.4, 0.5) is 0 Å². The lowest BCUT2D eigenvalue weighted by Gasteiger charge is -2.14. The number of unbranched alkanes of at least 4 members (excludes halogenated alkanes) is 2. The molecule has 0 N–H and O–H groups in total. The number of carbonyl (C=O) groups excluding carboxylic acids is 2. The summed E-state index contributed by atoms with van der Waals surface area (Å²) in [4.78, 5) is 27.5. The molecule has 0 aromatic heterocycles. The monoisotopic (exact) mass is 361 g/mol. The van der Waals surface area contributed by atoms with Gasteiger partial charge in [-0.25, -0.2) is 0 Å². The molecule has 1 heterocycles. The van der Waals surface area contributed by atoms with Crippen molar-refractivity contribution < 1.29 is 14.3 Å². The van der Waals surface area contributed by atoms with Crippen LogP contribution in [0.15, 0.2) is 29.2 Å². The van der Waals surface area contributed by atoms with Gasteiger partial charge in [0.2, 0.25) is 0 Å². The number of amides is 2. The predicted molar refractivity (Wildman–Crippen MR) is 104 cm³/mol. The van der Waals surface area contributed by atoms with E-state index in [1.165, 1.54) is 16.7 Å². The molecule has 1 aromatic rings. The van der Waals surface area contributed by atoms with Gasteiger partial charge in [0, 0.05) is 6.54 Å². The summed E-state index contributed by atoms with van der Waals surface area (Å²) in [5.74, 6) is 1.20. The topological polar surface area (TPSA) is 46.6 Å². The zero-order valence-electron chi connectivity index (χ0n) is 15.5. The van der Waals surface area contributed by atoms with E-state index in [-0.39, 0.29) is 17.9 Å². The molecule has 4 nitrogen and oxygen atoms in total. The Hall–Kier alpha value is -1.75. The average molecular weight is 362 g/mol. The molecule has 1 aliphatic heterocycles. The Kier molecular flexibility index (Phi) is 7.12. The van der Waals surface area contributed by atoms with Crippen LogP contribution in [-0.4, -0.2) is 35.1 Å². The molecule has 0 saturated carbocycles. The number of benzene rings is 1. The van der Waals surface area contributed by atoms with Gasteiger partial charge >= 0.3 is 0 Å². The Labute approximate surface area is 154 Å². The van der Waals surface area contributed by atoms with Crippen molar-refractivity contribution in [2.75, 3.05) is 12.3 Å². The smallest absolute Gasteiger partial charge is 0.267 e. The molecule has 0 spiro atoms. The quantitative estimate of drug-likeness (QED) is 0.480. The third-order valence-electron chi connectivity index (χ3n) is 3.91. The fraction of sp³-hybridized carbons (Fsp3) is 0.500. The SMILES string of the molecule is CCCCCN1C(=O)C(SCC)=C(c2ccc(OC(C)C)cc2)C1=O. The second-order valence-electron chi connectivity index (χ2n) is 6.30. The molecule has 136 valence electrons. The predicted octanol–water partition coefficient (Wildman–Crippen LogP) is 4.50. The van der Waals surface area contributed by atoms with Crippen molar-refractivity contribution in [2.24, 2.45) is 0 Å². The van der Waals surface area contributed by atoms with Gasteiger partial charge < -0.3 is 4.74 Å². The van der Waals surface area contributed by atoms with Crippen LogP contribution in [0.5, 0.6) is 5.75 Å². The molecule has 25 heavy (non-hydrogen) atoms. The number of nitrogens with zero attached hydrogens (tertiary/aromatic N) is 1. The molecular weight excluding hydrogens is 334 g/mol. The first kappa shape index (κ1) is 19.6. The zero-order chi connectivity index (χ0) is 18.4. The molecule has 0 bridgehead atoms. The second kappa shape index (κ2) is 9.09. The summed E-state index contributed by atoms with van der Waals surface area (Å²) >= 11 is 1.45. The molecule has 0 unspecified atom stereocenters. The largest absolute Gasteiger partial charge is 0.491 e. The Bertz CT molecular complexity index is 649. The minimum Gasteiger partial charge on any atom is -0.491 e. The van der Waals surface area contributed by atoms with Crippen molar-refractivity contribution in [1.29, 1.82) is 0 Å². The molecule has 2 rings (SSSR count). The first-order chi connectivity index (χ1) is 12.0. The Morgan fingerprint density at radius 1 is 1.04 bits per heavy atom. The summed E-state index contributed by atoms with van der Waals surface area (Å²) in [6, 6.07) is 7.44. The molecule has 1 aromatic carbocycles. The maximum absolute atomic E-state index is 12.9. The van der Waals surface area contributed by atoms with Gasteiger partial charge in [0.1, 0.15) is 5.75 Å². The summed E-state index contributed by atoms with van der Waals surface area (Å²) in [5.41, 5.74) is 1.31. The second-order valence-corrected chi connectivity index (χ2v) is 7.57. The highest BCUT2D eigenvalue weighted by molar-refractivity contribution is 8.04. The summed E-state index contributed by atoms with van der Waals surface area (Å²) in [7, 11) is 0. The third kappa shape index (κ3) is 4.66. The molecule has 1 aliphatic rings. The van der Waals surface area contributed by atoms with Crippen LogP contribution in [0, 0.1) is 0 Å². The van der Waals surface area contributed by atoms with Crippen LogP contribution in [0.2, 0.25) is 0 Å². The first-order valence-electron chi connectivity index (χ1n) is 8.99. The maximum Gasteiger partial charge on any atom is 0.267 e. The van der Waals surface area contributed by atoms with Gasteiger partial charge in [0.25, 0.3) is 11.8 Å². The number of imide groups is 1. The fourth-order valence-corrected chi connectivity index (χ4v) is 3.65. The van der Waals surface area contributed by atoms with Crippen molar-refractivity contribution >= 4 is 29.1 Å². The Balaban J connectivity index is 2.28. The van der Waals surface area contributed by atoms with E-state index in [1.54, 1.807) is 0 Å². The highest BCUT2D eigenvalue weighted by atomic mass is 32.2. The lowest BCUT2D eigenvalue weighted by atomic mass is 10.1. The van der Waals surface area contributed by atoms with E-state index >= 15 is 0 Å². The van der Waals surface area contributed by atoms with Crippen LogP contribution in [0.3, 0.4) is 0 Å². The van der Waals surface area contributed by atoms with Gasteiger partial charge in [0.15, 0.2) is 0 Å². The van der Waals surface area contributed by atoms with Gasteiger partial charge in [-0.05, 0) is 43.7 Å². The molecule has 0 radical (unpaired) electrons. The standard InChI is InChI=1S/C20H27NO3S/c1-5-7-8-13-21-19(22)17(18(20(21)23)25-6-2)15-9-11-16(12-10-15)24-14(3)4/h9-12,14H,5-8,13H2,1-4H3. The number of hydrogen-bond donors (Lipinski definition) is 0. The van der Waals surface area contributed by atoms with Gasteiger partial charge in [-0.2, -0.15) is 0 Å². The highest BCUT2D eigenvalue weighted by Crippen LogP contribution is 2.36. The molecule has 0 fully saturated rings. The molecular formula is C20H27NO3S. The minimum atomic E-state index is -0.172. The van der Waals surface area contributed by atoms with E-state index < -0.39 is 0 Å². The highest BCUT2D eigenvalue weighted by Gasteiger charge is 2.38. The zero-order valence-corrected chi connectivity index (χ0v) is 16.3. The van der Waals surface area contributed by atoms with Crippen LogP contribution in [0.1, 0.15) is 52.5 Å². The van der Waals surface area contributed by atoms with Crippen LogP contribution in [0.25, 0.3) is 5.57 Å². The lowest BCUT2D eigenvalue weighted by molar-refractivity contribution is -0.136. The molecule has 0 aliphatic carbocycles. The van der Waals surface area contributed by atoms with Gasteiger partial charge in [0.05, 0.1) is 16.6 Å². The molecule has 2 amide bonds. The summed E-state index contributed by atoms with van der Waals surface area (Å²) in [5, 5.41) is 0. The van der Waals surface area contributed by atoms with Crippen molar-refractivity contribution in [2.45, 2.75) is 53.1 Å².